The molecule has 0 heterocycles. The van der Waals surface area contributed by atoms with E-state index in [1.54, 1.807) is 39.3 Å². The first-order valence-corrected chi connectivity index (χ1v) is 8.85. The Morgan fingerprint density at radius 3 is 2.48 bits per heavy atom. The van der Waals surface area contributed by atoms with E-state index in [-0.39, 0.29) is 18.2 Å². The minimum Gasteiger partial charge on any atom is -0.493 e. The normalized spacial score (nSPS) is 10.2. The molecule has 0 aliphatic rings. The van der Waals surface area contributed by atoms with Gasteiger partial charge >= 0.3 is 0 Å². The molecule has 0 radical (unpaired) electrons. The predicted molar refractivity (Wildman–Crippen MR) is 106 cm³/mol. The van der Waals surface area contributed by atoms with Crippen LogP contribution in [0, 0.1) is 6.92 Å². The highest BCUT2D eigenvalue weighted by molar-refractivity contribution is 6.31. The molecule has 0 saturated carbocycles. The number of ether oxygens (including phenoxy) is 2. The second kappa shape index (κ2) is 9.83. The number of nitrogens with one attached hydrogen (secondary N) is 2. The van der Waals surface area contributed by atoms with Gasteiger partial charge in [0.15, 0.2) is 11.5 Å². The lowest BCUT2D eigenvalue weighted by Gasteiger charge is -2.11. The summed E-state index contributed by atoms with van der Waals surface area (Å²) in [7, 11) is 3.15. The van der Waals surface area contributed by atoms with Crippen LogP contribution in [0.15, 0.2) is 36.4 Å². The summed E-state index contributed by atoms with van der Waals surface area (Å²) >= 11 is 6.02. The molecule has 6 nitrogen and oxygen atoms in total. The molecule has 0 fully saturated rings. The van der Waals surface area contributed by atoms with Gasteiger partial charge in [-0.2, -0.15) is 0 Å². The Bertz CT molecular complexity index is 824. The Balaban J connectivity index is 1.80. The summed E-state index contributed by atoms with van der Waals surface area (Å²) in [4.78, 5) is 24.0. The van der Waals surface area contributed by atoms with Crippen molar-refractivity contribution in [2.75, 3.05) is 26.1 Å². The zero-order valence-electron chi connectivity index (χ0n) is 15.6. The van der Waals surface area contributed by atoms with Crippen LogP contribution >= 0.6 is 11.6 Å². The highest BCUT2D eigenvalue weighted by atomic mass is 35.5. The summed E-state index contributed by atoms with van der Waals surface area (Å²) in [5.41, 5.74) is 2.36. The summed E-state index contributed by atoms with van der Waals surface area (Å²) in [6.07, 6.45) is 0.360. The van der Waals surface area contributed by atoms with E-state index < -0.39 is 0 Å². The number of halogens is 1. The number of benzene rings is 2. The first kappa shape index (κ1) is 20.6. The quantitative estimate of drug-likeness (QED) is 0.677. The Hall–Kier alpha value is -2.73. The third kappa shape index (κ3) is 5.89. The van der Waals surface area contributed by atoms with Gasteiger partial charge in [0.2, 0.25) is 11.8 Å². The van der Waals surface area contributed by atoms with Crippen LogP contribution in [0.3, 0.4) is 0 Å². The number of methoxy groups -OCH3 is 2. The van der Waals surface area contributed by atoms with Gasteiger partial charge < -0.3 is 20.1 Å². The van der Waals surface area contributed by atoms with Crippen molar-refractivity contribution < 1.29 is 19.1 Å². The van der Waals surface area contributed by atoms with E-state index in [1.807, 2.05) is 18.2 Å². The lowest BCUT2D eigenvalue weighted by molar-refractivity contribution is -0.126. The van der Waals surface area contributed by atoms with Crippen LogP contribution in [-0.4, -0.2) is 32.6 Å². The molecule has 7 heteroatoms. The molecule has 0 saturated heterocycles. The fraction of sp³-hybridized carbons (Fsp3) is 0.300. The van der Waals surface area contributed by atoms with Crippen molar-refractivity contribution in [2.45, 2.75) is 19.8 Å². The van der Waals surface area contributed by atoms with Gasteiger partial charge in [-0.15, -0.1) is 0 Å². The van der Waals surface area contributed by atoms with Gasteiger partial charge in [-0.3, -0.25) is 9.59 Å². The third-order valence-corrected chi connectivity index (χ3v) is 4.46. The van der Waals surface area contributed by atoms with Gasteiger partial charge in [0, 0.05) is 17.3 Å². The molecule has 0 aromatic heterocycles. The van der Waals surface area contributed by atoms with E-state index in [0.29, 0.717) is 35.2 Å². The van der Waals surface area contributed by atoms with Crippen molar-refractivity contribution in [1.82, 2.24) is 5.32 Å². The van der Waals surface area contributed by atoms with Crippen molar-refractivity contribution in [1.29, 1.82) is 0 Å². The van der Waals surface area contributed by atoms with Gasteiger partial charge in [0.1, 0.15) is 6.42 Å². The van der Waals surface area contributed by atoms with Crippen LogP contribution in [-0.2, 0) is 16.0 Å². The van der Waals surface area contributed by atoms with Crippen molar-refractivity contribution in [3.05, 3.63) is 52.5 Å². The van der Waals surface area contributed by atoms with Gasteiger partial charge in [-0.25, -0.2) is 0 Å². The van der Waals surface area contributed by atoms with E-state index in [2.05, 4.69) is 10.6 Å². The van der Waals surface area contributed by atoms with Crippen molar-refractivity contribution in [3.63, 3.8) is 0 Å². The number of rotatable bonds is 8. The molecule has 0 spiro atoms. The summed E-state index contributed by atoms with van der Waals surface area (Å²) in [5.74, 6) is 0.563. The lowest BCUT2D eigenvalue weighted by atomic mass is 10.1. The molecule has 0 aliphatic carbocycles. The van der Waals surface area contributed by atoms with Crippen molar-refractivity contribution >= 4 is 29.1 Å². The predicted octanol–water partition coefficient (Wildman–Crippen LogP) is 3.35. The average molecular weight is 391 g/mol. The fourth-order valence-corrected chi connectivity index (χ4v) is 2.70. The van der Waals surface area contributed by atoms with E-state index in [1.165, 1.54) is 0 Å². The number of carbonyl (C=O) groups excluding carboxylic acids is 2. The first-order valence-electron chi connectivity index (χ1n) is 8.47. The van der Waals surface area contributed by atoms with Gasteiger partial charge in [-0.05, 0) is 48.7 Å². The fourth-order valence-electron chi connectivity index (χ4n) is 2.53. The number of hydrogen-bond donors (Lipinski definition) is 2. The number of hydrogen-bond acceptors (Lipinski definition) is 4. The maximum atomic E-state index is 12.0. The van der Waals surface area contributed by atoms with Crippen molar-refractivity contribution in [3.8, 4) is 11.5 Å². The lowest BCUT2D eigenvalue weighted by Crippen LogP contribution is -2.29. The molecule has 0 bridgehead atoms. The molecule has 2 rings (SSSR count). The van der Waals surface area contributed by atoms with Crippen molar-refractivity contribution in [2.24, 2.45) is 0 Å². The first-order chi connectivity index (χ1) is 12.9. The van der Waals surface area contributed by atoms with Gasteiger partial charge in [0.25, 0.3) is 0 Å². The van der Waals surface area contributed by atoms with Crippen LogP contribution < -0.4 is 20.1 Å². The average Bonchev–Trinajstić information content (AvgIpc) is 2.65. The summed E-state index contributed by atoms with van der Waals surface area (Å²) in [6.45, 7) is 2.22. The minimum atomic E-state index is -0.385. The topological polar surface area (TPSA) is 76.7 Å². The molecule has 2 aromatic rings. The summed E-state index contributed by atoms with van der Waals surface area (Å²) in [5, 5.41) is 6.01. The molecule has 0 unspecified atom stereocenters. The molecule has 144 valence electrons. The molecule has 2 amide bonds. The summed E-state index contributed by atoms with van der Waals surface area (Å²) < 4.78 is 10.5. The highest BCUT2D eigenvalue weighted by Crippen LogP contribution is 2.27. The minimum absolute atomic E-state index is 0.252. The molecule has 2 N–H and O–H groups in total. The van der Waals surface area contributed by atoms with Crippen LogP contribution in [0.2, 0.25) is 5.02 Å². The maximum Gasteiger partial charge on any atom is 0.233 e. The molecule has 27 heavy (non-hydrogen) atoms. The standard InChI is InChI=1S/C20H23ClN2O4/c1-13-15(21)5-4-6-16(13)23-20(25)12-19(24)22-10-9-14-7-8-17(26-2)18(11-14)27-3/h4-8,11H,9-10,12H2,1-3H3,(H,22,24)(H,23,25). The molecule has 2 aromatic carbocycles. The largest absolute Gasteiger partial charge is 0.493 e. The SMILES string of the molecule is COc1ccc(CCNC(=O)CC(=O)Nc2cccc(Cl)c2C)cc1OC. The Labute approximate surface area is 163 Å². The zero-order valence-corrected chi connectivity index (χ0v) is 16.4. The van der Waals surface area contributed by atoms with E-state index >= 15 is 0 Å². The Morgan fingerprint density at radius 1 is 1.04 bits per heavy atom. The second-order valence-corrected chi connectivity index (χ2v) is 6.33. The molecule has 0 aliphatic heterocycles. The number of amides is 2. The number of anilines is 1. The van der Waals surface area contributed by atoms with Gasteiger partial charge in [-0.1, -0.05) is 23.7 Å². The number of carbonyl (C=O) groups is 2. The third-order valence-electron chi connectivity index (χ3n) is 4.05. The maximum absolute atomic E-state index is 12.0. The van der Waals surface area contributed by atoms with Crippen LogP contribution in [0.25, 0.3) is 0 Å². The van der Waals surface area contributed by atoms with E-state index in [4.69, 9.17) is 21.1 Å². The van der Waals surface area contributed by atoms with Crippen LogP contribution in [0.4, 0.5) is 5.69 Å². The van der Waals surface area contributed by atoms with Crippen LogP contribution in [0.1, 0.15) is 17.5 Å². The monoisotopic (exact) mass is 390 g/mol. The Morgan fingerprint density at radius 2 is 1.78 bits per heavy atom. The second-order valence-electron chi connectivity index (χ2n) is 5.93. The summed E-state index contributed by atoms with van der Waals surface area (Å²) in [6, 6.07) is 10.8. The molecular formula is C20H23ClN2O4. The molecule has 0 atom stereocenters. The zero-order chi connectivity index (χ0) is 19.8. The van der Waals surface area contributed by atoms with Crippen LogP contribution in [0.5, 0.6) is 11.5 Å². The van der Waals surface area contributed by atoms with Gasteiger partial charge in [0.05, 0.1) is 14.2 Å². The Kier molecular flexibility index (Phi) is 7.49. The van der Waals surface area contributed by atoms with E-state index in [9.17, 15) is 9.59 Å². The highest BCUT2D eigenvalue weighted by Gasteiger charge is 2.12. The molecular weight excluding hydrogens is 368 g/mol. The smallest absolute Gasteiger partial charge is 0.233 e. The van der Waals surface area contributed by atoms with E-state index in [0.717, 1.165) is 11.1 Å².